The molecule has 1 aromatic carbocycles. The summed E-state index contributed by atoms with van der Waals surface area (Å²) in [7, 11) is 1.92. The number of hydrogen-bond acceptors (Lipinski definition) is 5. The van der Waals surface area contributed by atoms with Crippen LogP contribution in [0.1, 0.15) is 25.8 Å². The first-order valence-electron chi connectivity index (χ1n) is 8.71. The highest BCUT2D eigenvalue weighted by Crippen LogP contribution is 2.36. The lowest BCUT2D eigenvalue weighted by atomic mass is 9.99. The third-order valence-corrected chi connectivity index (χ3v) is 4.97. The second kappa shape index (κ2) is 9.37. The number of nitrogens with zero attached hydrogens (tertiary/aromatic N) is 2. The Kier molecular flexibility index (Phi) is 7.19. The van der Waals surface area contributed by atoms with Crippen molar-refractivity contribution in [1.29, 1.82) is 5.26 Å². The molecule has 1 atom stereocenters. The SMILES string of the molecule is CNCc1ccc(-c2cscc2N(CC#N)[C@@H](CC(C)C)C(N)=O)cc1. The molecule has 2 aromatic rings. The number of thiophene rings is 1. The molecule has 3 N–H and O–H groups in total. The Bertz CT molecular complexity index is 761. The molecular weight excluding hydrogens is 344 g/mol. The van der Waals surface area contributed by atoms with E-state index in [4.69, 9.17) is 5.73 Å². The summed E-state index contributed by atoms with van der Waals surface area (Å²) in [5, 5.41) is 16.5. The van der Waals surface area contributed by atoms with Crippen molar-refractivity contribution in [2.45, 2.75) is 32.9 Å². The fraction of sp³-hybridized carbons (Fsp3) is 0.400. The molecule has 0 aliphatic heterocycles. The summed E-state index contributed by atoms with van der Waals surface area (Å²) in [6.07, 6.45) is 0.618. The summed E-state index contributed by atoms with van der Waals surface area (Å²) in [5.74, 6) is -0.0907. The first-order valence-corrected chi connectivity index (χ1v) is 9.65. The second-order valence-corrected chi connectivity index (χ2v) is 7.48. The molecule has 0 unspecified atom stereocenters. The zero-order chi connectivity index (χ0) is 19.1. The standard InChI is InChI=1S/C20H26N4OS/c1-14(2)10-18(20(22)25)24(9-8-21)19-13-26-12-17(19)16-6-4-15(5-7-16)11-23-3/h4-7,12-14,18,23H,9-11H2,1-3H3,(H2,22,25)/t18-/m0/s1. The fourth-order valence-electron chi connectivity index (χ4n) is 3.02. The molecule has 1 amide bonds. The predicted octanol–water partition coefficient (Wildman–Crippen LogP) is 3.36. The summed E-state index contributed by atoms with van der Waals surface area (Å²) in [4.78, 5) is 13.9. The van der Waals surface area contributed by atoms with Gasteiger partial charge in [0.15, 0.2) is 0 Å². The topological polar surface area (TPSA) is 82.2 Å². The molecule has 0 spiro atoms. The molecule has 138 valence electrons. The lowest BCUT2D eigenvalue weighted by Gasteiger charge is -2.31. The Labute approximate surface area is 159 Å². The average Bonchev–Trinajstić information content (AvgIpc) is 3.08. The molecule has 0 bridgehead atoms. The Hall–Kier alpha value is -2.36. The number of nitrogens with two attached hydrogens (primary N) is 1. The van der Waals surface area contributed by atoms with Crippen LogP contribution in [0.5, 0.6) is 0 Å². The van der Waals surface area contributed by atoms with Gasteiger partial charge in [0.1, 0.15) is 12.6 Å². The quantitative estimate of drug-likeness (QED) is 0.663. The molecule has 0 saturated heterocycles. The summed E-state index contributed by atoms with van der Waals surface area (Å²) in [5.41, 5.74) is 9.86. The highest BCUT2D eigenvalue weighted by molar-refractivity contribution is 7.08. The number of benzene rings is 1. The third-order valence-electron chi connectivity index (χ3n) is 4.24. The van der Waals surface area contributed by atoms with Crippen LogP contribution >= 0.6 is 11.3 Å². The van der Waals surface area contributed by atoms with Crippen molar-refractivity contribution in [1.82, 2.24) is 5.32 Å². The van der Waals surface area contributed by atoms with Gasteiger partial charge in [0.05, 0.1) is 11.8 Å². The number of nitriles is 1. The van der Waals surface area contributed by atoms with Gasteiger partial charge in [0.25, 0.3) is 0 Å². The van der Waals surface area contributed by atoms with E-state index in [1.54, 1.807) is 11.3 Å². The van der Waals surface area contributed by atoms with Crippen molar-refractivity contribution in [2.24, 2.45) is 11.7 Å². The van der Waals surface area contributed by atoms with Crippen LogP contribution in [-0.4, -0.2) is 25.5 Å². The van der Waals surface area contributed by atoms with Crippen LogP contribution in [0.4, 0.5) is 5.69 Å². The molecule has 26 heavy (non-hydrogen) atoms. The van der Waals surface area contributed by atoms with Crippen molar-refractivity contribution in [3.8, 4) is 17.2 Å². The van der Waals surface area contributed by atoms with Gasteiger partial charge >= 0.3 is 0 Å². The van der Waals surface area contributed by atoms with E-state index in [2.05, 4.69) is 54.9 Å². The van der Waals surface area contributed by atoms with Crippen molar-refractivity contribution < 1.29 is 4.79 Å². The Morgan fingerprint density at radius 2 is 2.00 bits per heavy atom. The van der Waals surface area contributed by atoms with Gasteiger partial charge < -0.3 is 16.0 Å². The minimum atomic E-state index is -0.494. The van der Waals surface area contributed by atoms with Crippen molar-refractivity contribution in [2.75, 3.05) is 18.5 Å². The van der Waals surface area contributed by atoms with Crippen molar-refractivity contribution >= 4 is 22.9 Å². The van der Waals surface area contributed by atoms with Gasteiger partial charge in [-0.1, -0.05) is 38.1 Å². The molecular formula is C20H26N4OS. The van der Waals surface area contributed by atoms with Gasteiger partial charge in [-0.05, 0) is 30.5 Å². The highest BCUT2D eigenvalue weighted by Gasteiger charge is 2.27. The monoisotopic (exact) mass is 370 g/mol. The highest BCUT2D eigenvalue weighted by atomic mass is 32.1. The van der Waals surface area contributed by atoms with E-state index in [1.807, 2.05) is 17.3 Å². The molecule has 1 aromatic heterocycles. The predicted molar refractivity (Wildman–Crippen MR) is 108 cm³/mol. The van der Waals surface area contributed by atoms with E-state index in [0.717, 1.165) is 23.4 Å². The van der Waals surface area contributed by atoms with E-state index < -0.39 is 11.9 Å². The average molecular weight is 371 g/mol. The van der Waals surface area contributed by atoms with E-state index in [-0.39, 0.29) is 6.54 Å². The van der Waals surface area contributed by atoms with Crippen LogP contribution in [0.2, 0.25) is 0 Å². The molecule has 0 radical (unpaired) electrons. The molecule has 1 heterocycles. The normalized spacial score (nSPS) is 12.0. The van der Waals surface area contributed by atoms with E-state index in [1.165, 1.54) is 5.56 Å². The van der Waals surface area contributed by atoms with Gasteiger partial charge in [0.2, 0.25) is 5.91 Å². The van der Waals surface area contributed by atoms with Crippen LogP contribution in [0, 0.1) is 17.2 Å². The molecule has 0 aliphatic rings. The molecule has 6 heteroatoms. The van der Waals surface area contributed by atoms with E-state index in [9.17, 15) is 10.1 Å². The summed E-state index contributed by atoms with van der Waals surface area (Å²) >= 11 is 1.56. The van der Waals surface area contributed by atoms with Crippen molar-refractivity contribution in [3.05, 3.63) is 40.6 Å². The zero-order valence-corrected chi connectivity index (χ0v) is 16.3. The minimum Gasteiger partial charge on any atom is -0.368 e. The number of primary amides is 1. The van der Waals surface area contributed by atoms with E-state index >= 15 is 0 Å². The van der Waals surface area contributed by atoms with Crippen molar-refractivity contribution in [3.63, 3.8) is 0 Å². The lowest BCUT2D eigenvalue weighted by Crippen LogP contribution is -2.46. The molecule has 0 aliphatic carbocycles. The van der Waals surface area contributed by atoms with E-state index in [0.29, 0.717) is 12.3 Å². The van der Waals surface area contributed by atoms with Crippen LogP contribution in [0.25, 0.3) is 11.1 Å². The molecule has 0 fully saturated rings. The van der Waals surface area contributed by atoms with Crippen LogP contribution in [0.15, 0.2) is 35.0 Å². The van der Waals surface area contributed by atoms with Crippen LogP contribution in [0.3, 0.4) is 0 Å². The Balaban J connectivity index is 2.40. The largest absolute Gasteiger partial charge is 0.368 e. The first-order chi connectivity index (χ1) is 12.5. The Morgan fingerprint density at radius 3 is 2.54 bits per heavy atom. The molecule has 2 rings (SSSR count). The number of amides is 1. The minimum absolute atomic E-state index is 0.127. The van der Waals surface area contributed by atoms with Gasteiger partial charge in [0, 0.05) is 22.9 Å². The number of hydrogen-bond donors (Lipinski definition) is 2. The number of carbonyl (C=O) groups is 1. The smallest absolute Gasteiger partial charge is 0.240 e. The van der Waals surface area contributed by atoms with Gasteiger partial charge in [-0.2, -0.15) is 5.26 Å². The van der Waals surface area contributed by atoms with Gasteiger partial charge in [-0.3, -0.25) is 4.79 Å². The fourth-order valence-corrected chi connectivity index (χ4v) is 3.87. The second-order valence-electron chi connectivity index (χ2n) is 6.73. The number of carbonyl (C=O) groups excluding carboxylic acids is 1. The molecule has 5 nitrogen and oxygen atoms in total. The summed E-state index contributed by atoms with van der Waals surface area (Å²) in [6, 6.07) is 10.0. The number of anilines is 1. The maximum absolute atomic E-state index is 12.1. The Morgan fingerprint density at radius 1 is 1.31 bits per heavy atom. The summed E-state index contributed by atoms with van der Waals surface area (Å²) < 4.78 is 0. The zero-order valence-electron chi connectivity index (χ0n) is 15.5. The van der Waals surface area contributed by atoms with Crippen LogP contribution < -0.4 is 16.0 Å². The lowest BCUT2D eigenvalue weighted by molar-refractivity contribution is -0.119. The first kappa shape index (κ1) is 20.0. The molecule has 0 saturated carbocycles. The van der Waals surface area contributed by atoms with Crippen LogP contribution in [-0.2, 0) is 11.3 Å². The maximum atomic E-state index is 12.1. The van der Waals surface area contributed by atoms with Gasteiger partial charge in [-0.15, -0.1) is 11.3 Å². The summed E-state index contributed by atoms with van der Waals surface area (Å²) in [6.45, 7) is 5.04. The number of nitrogens with one attached hydrogen (secondary N) is 1. The third kappa shape index (κ3) is 4.84. The number of rotatable bonds is 9. The van der Waals surface area contributed by atoms with Gasteiger partial charge in [-0.25, -0.2) is 0 Å². The maximum Gasteiger partial charge on any atom is 0.240 e.